The fourth-order valence-electron chi connectivity index (χ4n) is 3.99. The van der Waals surface area contributed by atoms with Gasteiger partial charge < -0.3 is 15.1 Å². The summed E-state index contributed by atoms with van der Waals surface area (Å²) < 4.78 is 22.3. The number of rotatable bonds is 5. The van der Waals surface area contributed by atoms with E-state index in [4.69, 9.17) is 9.21 Å². The van der Waals surface area contributed by atoms with Gasteiger partial charge in [-0.05, 0) is 50.3 Å². The summed E-state index contributed by atoms with van der Waals surface area (Å²) in [5.41, 5.74) is 9.86. The van der Waals surface area contributed by atoms with Gasteiger partial charge in [0.15, 0.2) is 11.7 Å². The van der Waals surface area contributed by atoms with Crippen molar-refractivity contribution in [3.63, 3.8) is 0 Å². The van der Waals surface area contributed by atoms with Crippen molar-refractivity contribution < 1.29 is 13.6 Å². The number of nitrogens with two attached hydrogens (primary N) is 1. The minimum Gasteiger partial charge on any atom is -0.441 e. The van der Waals surface area contributed by atoms with Crippen molar-refractivity contribution in [2.45, 2.75) is 20.4 Å². The minimum absolute atomic E-state index is 0.250. The molecular weight excluding hydrogens is 459 g/mol. The van der Waals surface area contributed by atoms with E-state index in [-0.39, 0.29) is 12.2 Å². The van der Waals surface area contributed by atoms with E-state index in [9.17, 15) is 4.39 Å². The quantitative estimate of drug-likeness (QED) is 0.363. The van der Waals surface area contributed by atoms with Crippen molar-refractivity contribution in [2.75, 3.05) is 14.1 Å². The summed E-state index contributed by atoms with van der Waals surface area (Å²) >= 11 is 0. The van der Waals surface area contributed by atoms with Crippen LogP contribution in [0.5, 0.6) is 0 Å². The molecular formula is C27H27FN6O2. The predicted molar refractivity (Wildman–Crippen MR) is 136 cm³/mol. The van der Waals surface area contributed by atoms with E-state index >= 15 is 0 Å². The first kappa shape index (κ1) is 24.7. The summed E-state index contributed by atoms with van der Waals surface area (Å²) in [5, 5.41) is 0. The fraction of sp³-hybridized carbons (Fsp3) is 0.185. The summed E-state index contributed by atoms with van der Waals surface area (Å²) in [4.78, 5) is 24.1. The van der Waals surface area contributed by atoms with Crippen LogP contribution in [0, 0.1) is 19.7 Å². The van der Waals surface area contributed by atoms with Gasteiger partial charge in [0.25, 0.3) is 0 Å². The van der Waals surface area contributed by atoms with Gasteiger partial charge in [0.2, 0.25) is 12.2 Å². The first-order valence-corrected chi connectivity index (χ1v) is 11.3. The van der Waals surface area contributed by atoms with Crippen LogP contribution in [-0.4, -0.2) is 44.8 Å². The molecule has 2 aromatic carbocycles. The van der Waals surface area contributed by atoms with Crippen LogP contribution in [0.25, 0.3) is 39.5 Å². The number of carbonyl (C=O) groups is 1. The van der Waals surface area contributed by atoms with Crippen LogP contribution in [0.3, 0.4) is 0 Å². The van der Waals surface area contributed by atoms with E-state index in [0.29, 0.717) is 28.7 Å². The molecule has 8 nitrogen and oxygen atoms in total. The van der Waals surface area contributed by atoms with Gasteiger partial charge in [-0.3, -0.25) is 9.20 Å². The highest BCUT2D eigenvalue weighted by molar-refractivity contribution is 5.71. The maximum Gasteiger partial charge on any atom is 0.234 e. The molecule has 0 saturated heterocycles. The number of carbonyl (C=O) groups excluding carboxylic acids is 1. The maximum atomic E-state index is 14.8. The Hall–Kier alpha value is -4.37. The van der Waals surface area contributed by atoms with Crippen LogP contribution in [0.2, 0.25) is 0 Å². The van der Waals surface area contributed by atoms with Gasteiger partial charge in [-0.2, -0.15) is 0 Å². The number of hydrogen-bond acceptors (Lipinski definition) is 6. The number of aryl methyl sites for hydroxylation is 2. The molecule has 3 aromatic heterocycles. The lowest BCUT2D eigenvalue weighted by Crippen LogP contribution is -2.10. The number of nitrogens with zero attached hydrogens (tertiary/aromatic N) is 5. The molecule has 0 bridgehead atoms. The number of hydrogen-bond donors (Lipinski definition) is 1. The zero-order chi connectivity index (χ0) is 25.8. The minimum atomic E-state index is -0.354. The Kier molecular flexibility index (Phi) is 7.21. The maximum absolute atomic E-state index is 14.8. The van der Waals surface area contributed by atoms with E-state index in [1.54, 1.807) is 31.5 Å². The SMILES string of the molecule is Cc1nc(C)c(-c2ccc(F)c(-c3cn4cc(-c5ccc(CN(C)C)cc5)cnc4n3)c2)o1.NC=O. The van der Waals surface area contributed by atoms with Gasteiger partial charge >= 0.3 is 0 Å². The van der Waals surface area contributed by atoms with Crippen LogP contribution < -0.4 is 5.73 Å². The topological polar surface area (TPSA) is 103 Å². The zero-order valence-electron chi connectivity index (χ0n) is 20.6. The second-order valence-corrected chi connectivity index (χ2v) is 8.59. The third-order valence-electron chi connectivity index (χ3n) is 5.50. The fourth-order valence-corrected chi connectivity index (χ4v) is 3.99. The summed E-state index contributed by atoms with van der Waals surface area (Å²) in [7, 11) is 4.10. The van der Waals surface area contributed by atoms with Crippen LogP contribution >= 0.6 is 0 Å². The number of amides is 1. The molecule has 1 amide bonds. The number of fused-ring (bicyclic) bond motifs is 1. The summed E-state index contributed by atoms with van der Waals surface area (Å²) in [6, 6.07) is 13.3. The van der Waals surface area contributed by atoms with E-state index < -0.39 is 0 Å². The lowest BCUT2D eigenvalue weighted by atomic mass is 10.1. The number of halogens is 1. The predicted octanol–water partition coefficient (Wildman–Crippen LogP) is 4.64. The number of aromatic nitrogens is 4. The Balaban J connectivity index is 0.000000967. The smallest absolute Gasteiger partial charge is 0.234 e. The molecule has 0 aliphatic rings. The van der Waals surface area contributed by atoms with Crippen LogP contribution in [0.4, 0.5) is 4.39 Å². The Morgan fingerprint density at radius 1 is 1.03 bits per heavy atom. The molecule has 9 heteroatoms. The van der Waals surface area contributed by atoms with E-state index in [2.05, 4.69) is 63.9 Å². The molecule has 3 heterocycles. The van der Waals surface area contributed by atoms with Gasteiger partial charge in [0.1, 0.15) is 5.82 Å². The van der Waals surface area contributed by atoms with Gasteiger partial charge in [-0.1, -0.05) is 24.3 Å². The van der Waals surface area contributed by atoms with Crippen LogP contribution in [0.1, 0.15) is 17.1 Å². The van der Waals surface area contributed by atoms with Gasteiger partial charge in [0.05, 0.1) is 11.4 Å². The largest absolute Gasteiger partial charge is 0.441 e. The standard InChI is InChI=1S/C26H24FN5O.CH3NO/c1-16-25(33-17(2)29-16)20-9-10-23(27)22(11-20)24-15-32-14-21(12-28-26(32)30-24)19-7-5-18(6-8-19)13-31(3)4;2-1-3/h5-12,14-15H,13H2,1-4H3;1H,(H2,2,3). The van der Waals surface area contributed by atoms with Crippen molar-refractivity contribution in [3.05, 3.63) is 84.0 Å². The summed E-state index contributed by atoms with van der Waals surface area (Å²) in [6.45, 7) is 4.56. The molecule has 0 spiro atoms. The third-order valence-corrected chi connectivity index (χ3v) is 5.50. The van der Waals surface area contributed by atoms with Crippen molar-refractivity contribution in [1.29, 1.82) is 0 Å². The Morgan fingerprint density at radius 3 is 2.36 bits per heavy atom. The van der Waals surface area contributed by atoms with Gasteiger partial charge in [0, 0.05) is 48.7 Å². The molecule has 36 heavy (non-hydrogen) atoms. The van der Waals surface area contributed by atoms with Crippen molar-refractivity contribution in [2.24, 2.45) is 5.73 Å². The molecule has 184 valence electrons. The van der Waals surface area contributed by atoms with Gasteiger partial charge in [-0.15, -0.1) is 0 Å². The number of oxazole rings is 1. The summed E-state index contributed by atoms with van der Waals surface area (Å²) in [5.74, 6) is 1.37. The van der Waals surface area contributed by atoms with Crippen LogP contribution in [0.15, 0.2) is 65.5 Å². The molecule has 5 aromatic rings. The zero-order valence-corrected chi connectivity index (χ0v) is 20.6. The lowest BCUT2D eigenvalue weighted by Gasteiger charge is -2.10. The highest BCUT2D eigenvalue weighted by Gasteiger charge is 2.16. The summed E-state index contributed by atoms with van der Waals surface area (Å²) in [6.07, 6.45) is 5.80. The Morgan fingerprint density at radius 2 is 1.72 bits per heavy atom. The Bertz CT molecular complexity index is 1510. The molecule has 0 atom stereocenters. The molecule has 0 saturated carbocycles. The van der Waals surface area contributed by atoms with E-state index in [1.165, 1.54) is 11.6 Å². The monoisotopic (exact) mass is 486 g/mol. The van der Waals surface area contributed by atoms with E-state index in [0.717, 1.165) is 28.9 Å². The van der Waals surface area contributed by atoms with Crippen molar-refractivity contribution >= 4 is 12.2 Å². The third kappa shape index (κ3) is 5.31. The molecule has 0 fully saturated rings. The second kappa shape index (κ2) is 10.5. The lowest BCUT2D eigenvalue weighted by molar-refractivity contribution is -0.106. The average Bonchev–Trinajstić information content (AvgIpc) is 3.41. The number of primary amides is 1. The molecule has 0 aliphatic carbocycles. The Labute approximate surface area is 208 Å². The highest BCUT2D eigenvalue weighted by Crippen LogP contribution is 2.31. The molecule has 2 N–H and O–H groups in total. The van der Waals surface area contributed by atoms with Crippen molar-refractivity contribution in [3.8, 4) is 33.7 Å². The average molecular weight is 487 g/mol. The number of imidazole rings is 1. The first-order valence-electron chi connectivity index (χ1n) is 11.3. The molecule has 0 aliphatic heterocycles. The number of benzene rings is 2. The van der Waals surface area contributed by atoms with Crippen LogP contribution in [-0.2, 0) is 11.3 Å². The normalized spacial score (nSPS) is 10.9. The van der Waals surface area contributed by atoms with Crippen molar-refractivity contribution in [1.82, 2.24) is 24.3 Å². The van der Waals surface area contributed by atoms with Gasteiger partial charge in [-0.25, -0.2) is 19.3 Å². The first-order chi connectivity index (χ1) is 17.3. The van der Waals surface area contributed by atoms with E-state index in [1.807, 2.05) is 17.5 Å². The highest BCUT2D eigenvalue weighted by atomic mass is 19.1. The second-order valence-electron chi connectivity index (χ2n) is 8.59. The molecule has 0 radical (unpaired) electrons. The molecule has 0 unspecified atom stereocenters. The molecule has 5 rings (SSSR count).